The third-order valence-electron chi connectivity index (χ3n) is 3.72. The van der Waals surface area contributed by atoms with E-state index in [0.29, 0.717) is 33.9 Å². The number of aromatic nitrogens is 1. The van der Waals surface area contributed by atoms with Gasteiger partial charge in [0.25, 0.3) is 11.6 Å². The number of amides is 1. The third kappa shape index (κ3) is 3.57. The van der Waals surface area contributed by atoms with Crippen LogP contribution in [0, 0.1) is 10.1 Å². The van der Waals surface area contributed by atoms with Gasteiger partial charge in [-0.15, -0.1) is 17.9 Å². The van der Waals surface area contributed by atoms with E-state index < -0.39 is 4.92 Å². The van der Waals surface area contributed by atoms with Crippen molar-refractivity contribution < 1.29 is 9.72 Å². The van der Waals surface area contributed by atoms with Gasteiger partial charge >= 0.3 is 0 Å². The Morgan fingerprint density at radius 1 is 1.40 bits per heavy atom. The van der Waals surface area contributed by atoms with E-state index in [1.165, 1.54) is 23.5 Å². The topological polar surface area (TPSA) is 79.2 Å². The molecular formula is C17H14ClN3O3S. The van der Waals surface area contributed by atoms with Crippen molar-refractivity contribution in [3.63, 3.8) is 0 Å². The number of non-ortho nitro benzene ring substituents is 1. The smallest absolute Gasteiger partial charge is 0.270 e. The highest BCUT2D eigenvalue weighted by Gasteiger charge is 2.21. The summed E-state index contributed by atoms with van der Waals surface area (Å²) in [7, 11) is 0. The minimum Gasteiger partial charge on any atom is -0.360 e. The number of thiophene rings is 1. The summed E-state index contributed by atoms with van der Waals surface area (Å²) in [5.41, 5.74) is 1.01. The molecule has 0 spiro atoms. The fraction of sp³-hybridized carbons (Fsp3) is 0.118. The molecule has 0 aliphatic rings. The Labute approximate surface area is 152 Å². The molecule has 0 aliphatic heterocycles. The number of carbonyl (C=O) groups excluding carboxylic acids is 1. The monoisotopic (exact) mass is 375 g/mol. The van der Waals surface area contributed by atoms with Crippen molar-refractivity contribution in [2.24, 2.45) is 0 Å². The molecule has 25 heavy (non-hydrogen) atoms. The molecule has 8 heteroatoms. The zero-order valence-electron chi connectivity index (χ0n) is 13.1. The maximum Gasteiger partial charge on any atom is 0.270 e. The average molecular weight is 376 g/mol. The predicted molar refractivity (Wildman–Crippen MR) is 99.2 cm³/mol. The maximum absolute atomic E-state index is 13.0. The van der Waals surface area contributed by atoms with Crippen LogP contribution in [0.5, 0.6) is 0 Å². The van der Waals surface area contributed by atoms with Crippen LogP contribution in [0.15, 0.2) is 49.2 Å². The lowest BCUT2D eigenvalue weighted by molar-refractivity contribution is -0.384. The second-order valence-corrected chi connectivity index (χ2v) is 7.17. The first-order valence-corrected chi connectivity index (χ1v) is 8.59. The number of nitro groups is 1. The van der Waals surface area contributed by atoms with Gasteiger partial charge in [-0.2, -0.15) is 0 Å². The minimum atomic E-state index is -0.476. The number of carbonyl (C=O) groups is 1. The Morgan fingerprint density at radius 2 is 2.20 bits per heavy atom. The number of nitrogens with one attached hydrogen (secondary N) is 1. The third-order valence-corrected chi connectivity index (χ3v) is 4.93. The van der Waals surface area contributed by atoms with Crippen LogP contribution in [0.25, 0.3) is 10.9 Å². The Kier molecular flexibility index (Phi) is 4.87. The predicted octanol–water partition coefficient (Wildman–Crippen LogP) is 4.62. The molecule has 0 atom stereocenters. The number of nitrogens with zero attached hydrogens (tertiary/aromatic N) is 2. The number of hydrogen-bond donors (Lipinski definition) is 1. The fourth-order valence-corrected chi connectivity index (χ4v) is 3.67. The van der Waals surface area contributed by atoms with Gasteiger partial charge < -0.3 is 9.88 Å². The Morgan fingerprint density at radius 3 is 2.84 bits per heavy atom. The van der Waals surface area contributed by atoms with Crippen LogP contribution in [-0.4, -0.2) is 27.3 Å². The van der Waals surface area contributed by atoms with Gasteiger partial charge in [0.2, 0.25) is 0 Å². The SMILES string of the molecule is C=CCN(Cc1ccc(Cl)s1)C(=O)c1c[nH]c2ccc([N+](=O)[O-])cc12. The van der Waals surface area contributed by atoms with E-state index in [0.717, 1.165) is 4.88 Å². The summed E-state index contributed by atoms with van der Waals surface area (Å²) in [6, 6.07) is 8.07. The van der Waals surface area contributed by atoms with Gasteiger partial charge in [0.05, 0.1) is 21.4 Å². The van der Waals surface area contributed by atoms with Gasteiger partial charge in [-0.1, -0.05) is 17.7 Å². The van der Waals surface area contributed by atoms with Gasteiger partial charge in [-0.3, -0.25) is 14.9 Å². The quantitative estimate of drug-likeness (QED) is 0.388. The molecule has 1 N–H and O–H groups in total. The van der Waals surface area contributed by atoms with Crippen LogP contribution < -0.4 is 0 Å². The summed E-state index contributed by atoms with van der Waals surface area (Å²) in [5.74, 6) is -0.226. The Hall–Kier alpha value is -2.64. The molecule has 0 bridgehead atoms. The van der Waals surface area contributed by atoms with Crippen LogP contribution in [0.3, 0.4) is 0 Å². The molecule has 0 saturated heterocycles. The number of rotatable bonds is 6. The second-order valence-electron chi connectivity index (χ2n) is 5.37. The van der Waals surface area contributed by atoms with E-state index in [1.807, 2.05) is 6.07 Å². The minimum absolute atomic E-state index is 0.0542. The molecule has 0 fully saturated rings. The molecule has 1 aromatic carbocycles. The summed E-state index contributed by atoms with van der Waals surface area (Å²) in [5, 5.41) is 11.5. The molecule has 3 rings (SSSR count). The van der Waals surface area contributed by atoms with Crippen LogP contribution in [0.2, 0.25) is 4.34 Å². The first kappa shape index (κ1) is 17.2. The molecule has 2 aromatic heterocycles. The lowest BCUT2D eigenvalue weighted by Crippen LogP contribution is -2.30. The summed E-state index contributed by atoms with van der Waals surface area (Å²) < 4.78 is 0.656. The Bertz CT molecular complexity index is 963. The highest BCUT2D eigenvalue weighted by Crippen LogP contribution is 2.27. The molecule has 1 amide bonds. The van der Waals surface area contributed by atoms with Gasteiger partial charge in [0.15, 0.2) is 0 Å². The number of H-pyrrole nitrogens is 1. The molecule has 2 heterocycles. The standard InChI is InChI=1S/C17H14ClN3O3S/c1-2-7-20(10-12-4-6-16(18)25-12)17(22)14-9-19-15-5-3-11(21(23)24)8-13(14)15/h2-6,8-9,19H,1,7,10H2. The van der Waals surface area contributed by atoms with Crippen molar-refractivity contribution in [2.45, 2.75) is 6.54 Å². The van der Waals surface area contributed by atoms with Crippen LogP contribution in [0.1, 0.15) is 15.2 Å². The van der Waals surface area contributed by atoms with Crippen LogP contribution >= 0.6 is 22.9 Å². The normalized spacial score (nSPS) is 10.8. The number of benzene rings is 1. The van der Waals surface area contributed by atoms with Crippen LogP contribution in [0.4, 0.5) is 5.69 Å². The number of hydrogen-bond acceptors (Lipinski definition) is 4. The largest absolute Gasteiger partial charge is 0.360 e. The van der Waals surface area contributed by atoms with Gasteiger partial charge in [0, 0.05) is 40.7 Å². The van der Waals surface area contributed by atoms with E-state index in [9.17, 15) is 14.9 Å². The van der Waals surface area contributed by atoms with Crippen molar-refractivity contribution in [3.05, 3.63) is 74.1 Å². The van der Waals surface area contributed by atoms with Gasteiger partial charge in [-0.05, 0) is 18.2 Å². The molecular weight excluding hydrogens is 362 g/mol. The number of fused-ring (bicyclic) bond motifs is 1. The molecule has 0 aliphatic carbocycles. The lowest BCUT2D eigenvalue weighted by Gasteiger charge is -2.20. The van der Waals surface area contributed by atoms with Gasteiger partial charge in [-0.25, -0.2) is 0 Å². The van der Waals surface area contributed by atoms with E-state index in [-0.39, 0.29) is 11.6 Å². The van der Waals surface area contributed by atoms with Crippen molar-refractivity contribution in [1.82, 2.24) is 9.88 Å². The van der Waals surface area contributed by atoms with Crippen molar-refractivity contribution in [3.8, 4) is 0 Å². The van der Waals surface area contributed by atoms with E-state index in [4.69, 9.17) is 11.6 Å². The van der Waals surface area contributed by atoms with Crippen molar-refractivity contribution in [1.29, 1.82) is 0 Å². The molecule has 0 saturated carbocycles. The first-order valence-electron chi connectivity index (χ1n) is 7.39. The highest BCUT2D eigenvalue weighted by molar-refractivity contribution is 7.16. The molecule has 128 valence electrons. The van der Waals surface area contributed by atoms with Crippen LogP contribution in [-0.2, 0) is 6.54 Å². The molecule has 0 radical (unpaired) electrons. The zero-order valence-corrected chi connectivity index (χ0v) is 14.6. The number of halogens is 1. The zero-order chi connectivity index (χ0) is 18.0. The summed E-state index contributed by atoms with van der Waals surface area (Å²) in [4.78, 5) is 29.0. The summed E-state index contributed by atoms with van der Waals surface area (Å²) in [6.45, 7) is 4.45. The molecule has 6 nitrogen and oxygen atoms in total. The number of nitro benzene ring substituents is 1. The fourth-order valence-electron chi connectivity index (χ4n) is 2.57. The maximum atomic E-state index is 13.0. The highest BCUT2D eigenvalue weighted by atomic mass is 35.5. The second kappa shape index (κ2) is 7.08. The first-order chi connectivity index (χ1) is 12.0. The van der Waals surface area contributed by atoms with Crippen molar-refractivity contribution >= 4 is 45.4 Å². The van der Waals surface area contributed by atoms with E-state index >= 15 is 0 Å². The van der Waals surface area contributed by atoms with E-state index in [1.54, 1.807) is 29.3 Å². The molecule has 3 aromatic rings. The Balaban J connectivity index is 1.96. The van der Waals surface area contributed by atoms with Crippen molar-refractivity contribution in [2.75, 3.05) is 6.54 Å². The number of aromatic amines is 1. The summed E-state index contributed by atoms with van der Waals surface area (Å²) in [6.07, 6.45) is 3.22. The van der Waals surface area contributed by atoms with E-state index in [2.05, 4.69) is 11.6 Å². The lowest BCUT2D eigenvalue weighted by atomic mass is 10.1. The average Bonchev–Trinajstić information content (AvgIpc) is 3.19. The van der Waals surface area contributed by atoms with Gasteiger partial charge in [0.1, 0.15) is 0 Å². The summed E-state index contributed by atoms with van der Waals surface area (Å²) >= 11 is 7.36. The molecule has 0 unspecified atom stereocenters.